The van der Waals surface area contributed by atoms with Gasteiger partial charge in [0.25, 0.3) is 5.91 Å². The number of rotatable bonds is 2. The zero-order valence-electron chi connectivity index (χ0n) is 10.5. The van der Waals surface area contributed by atoms with Crippen molar-refractivity contribution >= 4 is 5.91 Å². The van der Waals surface area contributed by atoms with E-state index in [9.17, 15) is 4.79 Å². The maximum absolute atomic E-state index is 12.2. The van der Waals surface area contributed by atoms with E-state index in [-0.39, 0.29) is 5.91 Å². The van der Waals surface area contributed by atoms with Gasteiger partial charge in [-0.05, 0) is 23.6 Å². The first-order valence-electron chi connectivity index (χ1n) is 6.15. The van der Waals surface area contributed by atoms with Crippen LogP contribution in [0.3, 0.4) is 0 Å². The van der Waals surface area contributed by atoms with Crippen LogP contribution in [0.4, 0.5) is 0 Å². The Hall–Kier alpha value is -1.35. The topological polar surface area (TPSA) is 29.5 Å². The van der Waals surface area contributed by atoms with Gasteiger partial charge in [0.1, 0.15) is 0 Å². The first-order chi connectivity index (χ1) is 8.18. The third kappa shape index (κ3) is 2.86. The predicted molar refractivity (Wildman–Crippen MR) is 67.3 cm³/mol. The summed E-state index contributed by atoms with van der Waals surface area (Å²) in [7, 11) is 0. The van der Waals surface area contributed by atoms with E-state index in [0.29, 0.717) is 32.2 Å². The van der Waals surface area contributed by atoms with E-state index in [1.165, 1.54) is 5.56 Å². The lowest BCUT2D eigenvalue weighted by Gasteiger charge is -2.27. The van der Waals surface area contributed by atoms with Crippen molar-refractivity contribution < 1.29 is 9.53 Å². The molecule has 1 heterocycles. The highest BCUT2D eigenvalue weighted by Crippen LogP contribution is 2.17. The molecule has 0 N–H and O–H groups in total. The van der Waals surface area contributed by atoms with Gasteiger partial charge in [-0.15, -0.1) is 0 Å². The summed E-state index contributed by atoms with van der Waals surface area (Å²) in [5, 5.41) is 0. The molecule has 1 aliphatic rings. The van der Waals surface area contributed by atoms with Crippen LogP contribution in [-0.4, -0.2) is 37.1 Å². The molecular formula is C14H19NO2. The average molecular weight is 233 g/mol. The molecule has 0 aliphatic carbocycles. The van der Waals surface area contributed by atoms with Gasteiger partial charge in [0, 0.05) is 18.7 Å². The van der Waals surface area contributed by atoms with Gasteiger partial charge < -0.3 is 9.64 Å². The number of carbonyl (C=O) groups excluding carboxylic acids is 1. The Morgan fingerprint density at radius 3 is 2.65 bits per heavy atom. The summed E-state index contributed by atoms with van der Waals surface area (Å²) < 4.78 is 5.25. The third-order valence-corrected chi connectivity index (χ3v) is 3.10. The van der Waals surface area contributed by atoms with Gasteiger partial charge >= 0.3 is 0 Å². The molecule has 1 aliphatic heterocycles. The first kappa shape index (κ1) is 12.1. The fourth-order valence-electron chi connectivity index (χ4n) is 1.98. The van der Waals surface area contributed by atoms with E-state index in [0.717, 1.165) is 5.56 Å². The monoisotopic (exact) mass is 233 g/mol. The van der Waals surface area contributed by atoms with Gasteiger partial charge in [-0.2, -0.15) is 0 Å². The van der Waals surface area contributed by atoms with Crippen LogP contribution in [0, 0.1) is 0 Å². The van der Waals surface area contributed by atoms with E-state index in [1.807, 2.05) is 23.1 Å². The van der Waals surface area contributed by atoms with Gasteiger partial charge in [0.15, 0.2) is 0 Å². The molecule has 1 aromatic rings. The van der Waals surface area contributed by atoms with Gasteiger partial charge in [-0.25, -0.2) is 0 Å². The molecule has 3 nitrogen and oxygen atoms in total. The van der Waals surface area contributed by atoms with Crippen molar-refractivity contribution in [2.75, 3.05) is 26.3 Å². The minimum Gasteiger partial charge on any atom is -0.378 e. The van der Waals surface area contributed by atoms with Crippen molar-refractivity contribution in [3.63, 3.8) is 0 Å². The average Bonchev–Trinajstić information content (AvgIpc) is 2.39. The molecule has 17 heavy (non-hydrogen) atoms. The molecule has 0 radical (unpaired) electrons. The summed E-state index contributed by atoms with van der Waals surface area (Å²) in [4.78, 5) is 14.1. The summed E-state index contributed by atoms with van der Waals surface area (Å²) >= 11 is 0. The molecule has 1 aromatic carbocycles. The number of amides is 1. The van der Waals surface area contributed by atoms with Crippen molar-refractivity contribution in [2.45, 2.75) is 19.8 Å². The molecule has 0 saturated carbocycles. The van der Waals surface area contributed by atoms with Gasteiger partial charge in [0.2, 0.25) is 0 Å². The Morgan fingerprint density at radius 2 is 2.00 bits per heavy atom. The van der Waals surface area contributed by atoms with Crippen molar-refractivity contribution in [3.05, 3.63) is 35.4 Å². The number of carbonyl (C=O) groups is 1. The molecule has 2 rings (SSSR count). The maximum atomic E-state index is 12.2. The quantitative estimate of drug-likeness (QED) is 0.784. The molecule has 92 valence electrons. The largest absolute Gasteiger partial charge is 0.378 e. The lowest BCUT2D eigenvalue weighted by molar-refractivity contribution is 0.0303. The summed E-state index contributed by atoms with van der Waals surface area (Å²) in [5.41, 5.74) is 2.00. The molecule has 0 bridgehead atoms. The summed E-state index contributed by atoms with van der Waals surface area (Å²) in [5.74, 6) is 0.572. The van der Waals surface area contributed by atoms with Crippen LogP contribution in [0.5, 0.6) is 0 Å². The van der Waals surface area contributed by atoms with Crippen LogP contribution in [0.2, 0.25) is 0 Å². The number of nitrogens with zero attached hydrogens (tertiary/aromatic N) is 1. The normalized spacial score (nSPS) is 16.3. The van der Waals surface area contributed by atoms with Crippen LogP contribution >= 0.6 is 0 Å². The third-order valence-electron chi connectivity index (χ3n) is 3.10. The van der Waals surface area contributed by atoms with E-state index in [2.05, 4.69) is 19.9 Å². The van der Waals surface area contributed by atoms with Crippen molar-refractivity contribution in [2.24, 2.45) is 0 Å². The lowest BCUT2D eigenvalue weighted by Crippen LogP contribution is -2.40. The van der Waals surface area contributed by atoms with Gasteiger partial charge in [-0.3, -0.25) is 4.79 Å². The molecule has 0 aromatic heterocycles. The molecule has 0 unspecified atom stereocenters. The van der Waals surface area contributed by atoms with Crippen molar-refractivity contribution in [1.29, 1.82) is 0 Å². The van der Waals surface area contributed by atoms with Crippen LogP contribution in [0.15, 0.2) is 24.3 Å². The van der Waals surface area contributed by atoms with E-state index >= 15 is 0 Å². The number of ether oxygens (including phenoxy) is 1. The smallest absolute Gasteiger partial charge is 0.254 e. The zero-order valence-corrected chi connectivity index (χ0v) is 10.5. The fraction of sp³-hybridized carbons (Fsp3) is 0.500. The molecule has 1 amide bonds. The lowest BCUT2D eigenvalue weighted by atomic mass is 10.0. The van der Waals surface area contributed by atoms with E-state index in [4.69, 9.17) is 4.74 Å². The number of morpholine rings is 1. The molecule has 1 saturated heterocycles. The Balaban J connectivity index is 2.15. The highest BCUT2D eigenvalue weighted by molar-refractivity contribution is 5.94. The number of benzene rings is 1. The second kappa shape index (κ2) is 5.32. The predicted octanol–water partition coefficient (Wildman–Crippen LogP) is 2.28. The minimum atomic E-state index is 0.121. The maximum Gasteiger partial charge on any atom is 0.254 e. The molecule has 1 fully saturated rings. The standard InChI is InChI=1S/C14H19NO2/c1-11(2)12-4-3-5-13(10-12)14(16)15-6-8-17-9-7-15/h3-5,10-11H,6-9H2,1-2H3. The first-order valence-corrected chi connectivity index (χ1v) is 6.15. The number of hydrogen-bond acceptors (Lipinski definition) is 2. The van der Waals surface area contributed by atoms with Gasteiger partial charge in [0.05, 0.1) is 13.2 Å². The zero-order chi connectivity index (χ0) is 12.3. The molecule has 0 spiro atoms. The minimum absolute atomic E-state index is 0.121. The van der Waals surface area contributed by atoms with Crippen molar-refractivity contribution in [1.82, 2.24) is 4.90 Å². The van der Waals surface area contributed by atoms with E-state index in [1.54, 1.807) is 0 Å². The van der Waals surface area contributed by atoms with E-state index < -0.39 is 0 Å². The Kier molecular flexibility index (Phi) is 3.79. The van der Waals surface area contributed by atoms with Crippen LogP contribution in [0.1, 0.15) is 35.7 Å². The SMILES string of the molecule is CC(C)c1cccc(C(=O)N2CCOCC2)c1. The molecule has 3 heteroatoms. The summed E-state index contributed by atoms with van der Waals surface area (Å²) in [6.07, 6.45) is 0. The highest BCUT2D eigenvalue weighted by Gasteiger charge is 2.18. The fourth-order valence-corrected chi connectivity index (χ4v) is 1.98. The highest BCUT2D eigenvalue weighted by atomic mass is 16.5. The van der Waals surface area contributed by atoms with Crippen LogP contribution in [0.25, 0.3) is 0 Å². The second-order valence-corrected chi connectivity index (χ2v) is 4.68. The van der Waals surface area contributed by atoms with Crippen LogP contribution in [-0.2, 0) is 4.74 Å². The summed E-state index contributed by atoms with van der Waals surface area (Å²) in [6, 6.07) is 7.93. The van der Waals surface area contributed by atoms with Gasteiger partial charge in [-0.1, -0.05) is 26.0 Å². The Bertz CT molecular complexity index is 395. The van der Waals surface area contributed by atoms with Crippen LogP contribution < -0.4 is 0 Å². The Morgan fingerprint density at radius 1 is 1.29 bits per heavy atom. The second-order valence-electron chi connectivity index (χ2n) is 4.68. The number of hydrogen-bond donors (Lipinski definition) is 0. The van der Waals surface area contributed by atoms with Crippen molar-refractivity contribution in [3.8, 4) is 0 Å². The summed E-state index contributed by atoms with van der Waals surface area (Å²) in [6.45, 7) is 6.97. The Labute approximate surface area is 102 Å². The molecule has 0 atom stereocenters. The molecular weight excluding hydrogens is 214 g/mol.